The Morgan fingerprint density at radius 2 is 2.20 bits per heavy atom. The average molecular weight is 308 g/mol. The minimum absolute atomic E-state index is 0.224. The van der Waals surface area contributed by atoms with E-state index in [-0.39, 0.29) is 6.04 Å². The highest BCUT2D eigenvalue weighted by atomic mass is 32.2. The highest BCUT2D eigenvalue weighted by Crippen LogP contribution is 2.26. The molecule has 1 aromatic carbocycles. The molecule has 0 spiro atoms. The molecule has 1 unspecified atom stereocenters. The van der Waals surface area contributed by atoms with Gasteiger partial charge in [-0.2, -0.15) is 11.3 Å². The van der Waals surface area contributed by atoms with E-state index in [0.29, 0.717) is 4.90 Å². The fourth-order valence-electron chi connectivity index (χ4n) is 2.34. The number of thiophene rings is 1. The highest BCUT2D eigenvalue weighted by molar-refractivity contribution is 7.89. The molecular weight excluding hydrogens is 292 g/mol. The van der Waals surface area contributed by atoms with Gasteiger partial charge in [0.2, 0.25) is 10.0 Å². The molecule has 0 aliphatic carbocycles. The lowest BCUT2D eigenvalue weighted by molar-refractivity contribution is 0.567. The third-order valence-electron chi connectivity index (χ3n) is 3.47. The van der Waals surface area contributed by atoms with E-state index in [1.54, 1.807) is 23.5 Å². The van der Waals surface area contributed by atoms with E-state index in [0.717, 1.165) is 29.8 Å². The molecule has 0 fully saturated rings. The zero-order chi connectivity index (χ0) is 14.2. The Morgan fingerprint density at radius 3 is 2.95 bits per heavy atom. The second kappa shape index (κ2) is 5.20. The lowest BCUT2D eigenvalue weighted by Gasteiger charge is -2.13. The normalized spacial score (nSPS) is 15.7. The summed E-state index contributed by atoms with van der Waals surface area (Å²) in [5.74, 6) is 0. The number of benzene rings is 1. The van der Waals surface area contributed by atoms with E-state index in [2.05, 4.69) is 10.0 Å². The average Bonchev–Trinajstić information content (AvgIpc) is 3.08. The quantitative estimate of drug-likeness (QED) is 0.913. The third-order valence-corrected chi connectivity index (χ3v) is 5.71. The van der Waals surface area contributed by atoms with Gasteiger partial charge in [0.25, 0.3) is 0 Å². The summed E-state index contributed by atoms with van der Waals surface area (Å²) in [5, 5.41) is 7.13. The van der Waals surface area contributed by atoms with E-state index in [4.69, 9.17) is 0 Å². The van der Waals surface area contributed by atoms with Crippen molar-refractivity contribution < 1.29 is 8.42 Å². The second-order valence-corrected chi connectivity index (χ2v) is 7.39. The number of rotatable bonds is 4. The molecule has 4 nitrogen and oxygen atoms in total. The van der Waals surface area contributed by atoms with Gasteiger partial charge in [-0.05, 0) is 59.5 Å². The molecule has 0 saturated carbocycles. The third kappa shape index (κ3) is 2.59. The van der Waals surface area contributed by atoms with Gasteiger partial charge in [0.15, 0.2) is 0 Å². The predicted octanol–water partition coefficient (Wildman–Crippen LogP) is 2.76. The number of hydrogen-bond donors (Lipinski definition) is 2. The van der Waals surface area contributed by atoms with E-state index in [1.807, 2.05) is 29.8 Å². The molecule has 6 heteroatoms. The summed E-state index contributed by atoms with van der Waals surface area (Å²) in [6.07, 6.45) is 0.874. The molecule has 1 aliphatic rings. The zero-order valence-corrected chi connectivity index (χ0v) is 12.7. The smallest absolute Gasteiger partial charge is 0.241 e. The molecule has 0 amide bonds. The van der Waals surface area contributed by atoms with Crippen LogP contribution in [0.1, 0.15) is 24.1 Å². The SMILES string of the molecule is CC(NS(=O)(=O)c1ccc2c(c1)CCN2)c1ccsc1. The summed E-state index contributed by atoms with van der Waals surface area (Å²) < 4.78 is 27.5. The van der Waals surface area contributed by atoms with Crippen LogP contribution in [0.15, 0.2) is 39.9 Å². The van der Waals surface area contributed by atoms with Crippen LogP contribution >= 0.6 is 11.3 Å². The summed E-state index contributed by atoms with van der Waals surface area (Å²) in [5.41, 5.74) is 3.09. The molecule has 20 heavy (non-hydrogen) atoms. The fourth-order valence-corrected chi connectivity index (χ4v) is 4.37. The second-order valence-electron chi connectivity index (χ2n) is 4.90. The maximum absolute atomic E-state index is 12.4. The number of nitrogens with one attached hydrogen (secondary N) is 2. The molecule has 0 radical (unpaired) electrons. The van der Waals surface area contributed by atoms with Crippen molar-refractivity contribution in [3.05, 3.63) is 46.2 Å². The van der Waals surface area contributed by atoms with Crippen molar-refractivity contribution in [1.29, 1.82) is 0 Å². The van der Waals surface area contributed by atoms with Gasteiger partial charge in [0.1, 0.15) is 0 Å². The van der Waals surface area contributed by atoms with Crippen LogP contribution in [-0.4, -0.2) is 15.0 Å². The standard InChI is InChI=1S/C14H16N2O2S2/c1-10(12-5-7-19-9-12)16-20(17,18)13-2-3-14-11(8-13)4-6-15-14/h2-3,5,7-10,15-16H,4,6H2,1H3. The van der Waals surface area contributed by atoms with Crippen molar-refractivity contribution in [2.75, 3.05) is 11.9 Å². The first-order valence-corrected chi connectivity index (χ1v) is 8.90. The number of fused-ring (bicyclic) bond motifs is 1. The first kappa shape index (κ1) is 13.6. The van der Waals surface area contributed by atoms with Crippen molar-refractivity contribution in [1.82, 2.24) is 4.72 Å². The van der Waals surface area contributed by atoms with Gasteiger partial charge in [0, 0.05) is 18.3 Å². The molecule has 2 aromatic rings. The molecule has 2 N–H and O–H groups in total. The molecular formula is C14H16N2O2S2. The Bertz CT molecular complexity index is 709. The molecule has 106 valence electrons. The van der Waals surface area contributed by atoms with Gasteiger partial charge in [0.05, 0.1) is 4.90 Å². The van der Waals surface area contributed by atoms with Gasteiger partial charge >= 0.3 is 0 Å². The zero-order valence-electron chi connectivity index (χ0n) is 11.1. The molecule has 1 aliphatic heterocycles. The molecule has 0 saturated heterocycles. The largest absolute Gasteiger partial charge is 0.384 e. The summed E-state index contributed by atoms with van der Waals surface area (Å²) >= 11 is 1.56. The topological polar surface area (TPSA) is 58.2 Å². The fraction of sp³-hybridized carbons (Fsp3) is 0.286. The summed E-state index contributed by atoms with van der Waals surface area (Å²) in [7, 11) is -3.48. The molecule has 1 atom stereocenters. The monoisotopic (exact) mass is 308 g/mol. The van der Waals surface area contributed by atoms with Crippen molar-refractivity contribution in [3.8, 4) is 0 Å². The van der Waals surface area contributed by atoms with Gasteiger partial charge in [-0.15, -0.1) is 0 Å². The molecule has 2 heterocycles. The summed E-state index contributed by atoms with van der Waals surface area (Å²) in [6.45, 7) is 2.73. The van der Waals surface area contributed by atoms with Gasteiger partial charge in [-0.25, -0.2) is 13.1 Å². The van der Waals surface area contributed by atoms with E-state index >= 15 is 0 Å². The maximum Gasteiger partial charge on any atom is 0.241 e. The van der Waals surface area contributed by atoms with E-state index < -0.39 is 10.0 Å². The lowest BCUT2D eigenvalue weighted by Crippen LogP contribution is -2.26. The van der Waals surface area contributed by atoms with E-state index in [9.17, 15) is 8.42 Å². The van der Waals surface area contributed by atoms with Gasteiger partial charge in [-0.1, -0.05) is 0 Å². The minimum Gasteiger partial charge on any atom is -0.384 e. The Labute approximate surface area is 122 Å². The minimum atomic E-state index is -3.48. The first-order valence-electron chi connectivity index (χ1n) is 6.47. The lowest BCUT2D eigenvalue weighted by atomic mass is 10.2. The van der Waals surface area contributed by atoms with Gasteiger partial charge < -0.3 is 5.32 Å². The maximum atomic E-state index is 12.4. The van der Waals surface area contributed by atoms with Crippen molar-refractivity contribution in [2.45, 2.75) is 24.3 Å². The Hall–Kier alpha value is -1.37. The summed E-state index contributed by atoms with van der Waals surface area (Å²) in [6, 6.07) is 6.96. The van der Waals surface area contributed by atoms with Crippen molar-refractivity contribution >= 4 is 27.0 Å². The van der Waals surface area contributed by atoms with Crippen LogP contribution < -0.4 is 10.0 Å². The number of sulfonamides is 1. The molecule has 1 aromatic heterocycles. The Kier molecular flexibility index (Phi) is 3.54. The first-order chi connectivity index (χ1) is 9.56. The highest BCUT2D eigenvalue weighted by Gasteiger charge is 2.21. The number of hydrogen-bond acceptors (Lipinski definition) is 4. The van der Waals surface area contributed by atoms with Crippen LogP contribution in [-0.2, 0) is 16.4 Å². The van der Waals surface area contributed by atoms with Crippen LogP contribution in [0.3, 0.4) is 0 Å². The van der Waals surface area contributed by atoms with Crippen molar-refractivity contribution in [2.24, 2.45) is 0 Å². The Morgan fingerprint density at radius 1 is 1.35 bits per heavy atom. The number of anilines is 1. The Balaban J connectivity index is 1.85. The van der Waals surface area contributed by atoms with Crippen LogP contribution in [0.5, 0.6) is 0 Å². The van der Waals surface area contributed by atoms with Crippen molar-refractivity contribution in [3.63, 3.8) is 0 Å². The van der Waals surface area contributed by atoms with E-state index in [1.165, 1.54) is 0 Å². The van der Waals surface area contributed by atoms with Crippen LogP contribution in [0, 0.1) is 0 Å². The van der Waals surface area contributed by atoms with Gasteiger partial charge in [-0.3, -0.25) is 0 Å². The molecule has 3 rings (SSSR count). The predicted molar refractivity (Wildman–Crippen MR) is 81.7 cm³/mol. The van der Waals surface area contributed by atoms with Crippen LogP contribution in [0.4, 0.5) is 5.69 Å². The van der Waals surface area contributed by atoms with Crippen LogP contribution in [0.25, 0.3) is 0 Å². The molecule has 0 bridgehead atoms. The summed E-state index contributed by atoms with van der Waals surface area (Å²) in [4.78, 5) is 0.335. The van der Waals surface area contributed by atoms with Crippen LogP contribution in [0.2, 0.25) is 0 Å².